The van der Waals surface area contributed by atoms with Gasteiger partial charge in [0.1, 0.15) is 0 Å². The second-order valence-electron chi connectivity index (χ2n) is 5.67. The predicted octanol–water partition coefficient (Wildman–Crippen LogP) is -0.320. The van der Waals surface area contributed by atoms with E-state index in [9.17, 15) is 14.4 Å². The number of carbonyl (C=O) groups excluding carboxylic acids is 3. The van der Waals surface area contributed by atoms with Crippen molar-refractivity contribution in [2.75, 3.05) is 46.3 Å². The van der Waals surface area contributed by atoms with Gasteiger partial charge in [0, 0.05) is 46.2 Å². The first-order chi connectivity index (χ1) is 11.6. The average Bonchev–Trinajstić information content (AvgIpc) is 3.13. The molecule has 132 valence electrons. The van der Waals surface area contributed by atoms with Crippen molar-refractivity contribution in [1.29, 1.82) is 0 Å². The Bertz CT molecular complexity index is 550. The molecule has 0 saturated carbocycles. The Morgan fingerprint density at radius 1 is 1.21 bits per heavy atom. The molecule has 2 heterocycles. The fourth-order valence-corrected chi connectivity index (χ4v) is 2.53. The molecule has 0 radical (unpaired) electrons. The topological polar surface area (TPSA) is 94.9 Å². The monoisotopic (exact) mass is 336 g/mol. The van der Waals surface area contributed by atoms with Gasteiger partial charge < -0.3 is 20.0 Å². The van der Waals surface area contributed by atoms with Gasteiger partial charge in [0.25, 0.3) is 5.91 Å². The van der Waals surface area contributed by atoms with Crippen molar-refractivity contribution >= 4 is 17.7 Å². The third-order valence-corrected chi connectivity index (χ3v) is 3.97. The number of piperazine rings is 1. The lowest BCUT2D eigenvalue weighted by atomic mass is 10.2. The summed E-state index contributed by atoms with van der Waals surface area (Å²) in [6.45, 7) is 3.48. The molecule has 3 amide bonds. The molecule has 1 saturated heterocycles. The van der Waals surface area contributed by atoms with Crippen molar-refractivity contribution in [2.45, 2.75) is 12.8 Å². The molecule has 0 spiro atoms. The summed E-state index contributed by atoms with van der Waals surface area (Å²) < 4.78 is 4.99. The number of furan rings is 1. The minimum atomic E-state index is -0.268. The van der Waals surface area contributed by atoms with Crippen LogP contribution in [0.4, 0.5) is 0 Å². The van der Waals surface area contributed by atoms with Crippen LogP contribution in [-0.4, -0.2) is 73.8 Å². The first-order valence-electron chi connectivity index (χ1n) is 8.12. The molecule has 0 aromatic carbocycles. The highest BCUT2D eigenvalue weighted by Gasteiger charge is 2.21. The maximum atomic E-state index is 12.2. The van der Waals surface area contributed by atoms with Crippen LogP contribution in [0, 0.1) is 0 Å². The normalized spacial score (nSPS) is 15.1. The number of amides is 3. The maximum Gasteiger partial charge on any atom is 0.286 e. The minimum absolute atomic E-state index is 0.0120. The number of rotatable bonds is 7. The molecule has 24 heavy (non-hydrogen) atoms. The van der Waals surface area contributed by atoms with E-state index in [1.807, 2.05) is 9.80 Å². The number of hydrogen-bond acceptors (Lipinski definition) is 5. The number of nitrogens with one attached hydrogen (secondary N) is 2. The Labute approximate surface area is 141 Å². The van der Waals surface area contributed by atoms with Gasteiger partial charge in [-0.1, -0.05) is 0 Å². The number of carbonyl (C=O) groups is 3. The number of nitrogens with zero attached hydrogens (tertiary/aromatic N) is 2. The smallest absolute Gasteiger partial charge is 0.286 e. The molecule has 1 aromatic rings. The van der Waals surface area contributed by atoms with E-state index in [2.05, 4.69) is 10.6 Å². The molecule has 2 rings (SSSR count). The van der Waals surface area contributed by atoms with Crippen LogP contribution in [0.25, 0.3) is 0 Å². The Morgan fingerprint density at radius 2 is 1.96 bits per heavy atom. The van der Waals surface area contributed by atoms with Gasteiger partial charge >= 0.3 is 0 Å². The zero-order chi connectivity index (χ0) is 17.4. The van der Waals surface area contributed by atoms with Crippen molar-refractivity contribution < 1.29 is 18.8 Å². The molecule has 0 bridgehead atoms. The van der Waals surface area contributed by atoms with E-state index in [0.717, 1.165) is 0 Å². The second-order valence-corrected chi connectivity index (χ2v) is 5.67. The van der Waals surface area contributed by atoms with E-state index in [0.29, 0.717) is 52.1 Å². The Hall–Kier alpha value is -2.35. The van der Waals surface area contributed by atoms with Crippen molar-refractivity contribution in [3.05, 3.63) is 24.2 Å². The standard InChI is InChI=1S/C16H24N4O4/c1-17-14(21)12-19-7-9-20(10-8-19)15(22)5-2-6-18-16(23)13-4-3-11-24-13/h3-4,11H,2,5-10,12H2,1H3,(H,17,21)(H,18,23). The zero-order valence-corrected chi connectivity index (χ0v) is 13.9. The molecule has 2 N–H and O–H groups in total. The number of likely N-dealkylation sites (N-methyl/N-ethyl adjacent to an activating group) is 1. The lowest BCUT2D eigenvalue weighted by molar-refractivity contribution is -0.133. The van der Waals surface area contributed by atoms with E-state index in [1.165, 1.54) is 6.26 Å². The van der Waals surface area contributed by atoms with Gasteiger partial charge in [0.05, 0.1) is 12.8 Å². The summed E-state index contributed by atoms with van der Waals surface area (Å²) in [6, 6.07) is 3.25. The SMILES string of the molecule is CNC(=O)CN1CCN(C(=O)CCCNC(=O)c2ccco2)CC1. The van der Waals surface area contributed by atoms with E-state index in [1.54, 1.807) is 19.2 Å². The zero-order valence-electron chi connectivity index (χ0n) is 13.9. The third kappa shape index (κ3) is 5.38. The predicted molar refractivity (Wildman–Crippen MR) is 87.4 cm³/mol. The fraction of sp³-hybridized carbons (Fsp3) is 0.562. The summed E-state index contributed by atoms with van der Waals surface area (Å²) in [5.74, 6) is 0.0766. The Balaban J connectivity index is 1.60. The fourth-order valence-electron chi connectivity index (χ4n) is 2.53. The quantitative estimate of drug-likeness (QED) is 0.666. The van der Waals surface area contributed by atoms with Crippen molar-refractivity contribution in [1.82, 2.24) is 20.4 Å². The van der Waals surface area contributed by atoms with Crippen molar-refractivity contribution in [3.63, 3.8) is 0 Å². The molecule has 1 aliphatic heterocycles. The van der Waals surface area contributed by atoms with E-state index in [4.69, 9.17) is 4.42 Å². The minimum Gasteiger partial charge on any atom is -0.459 e. The van der Waals surface area contributed by atoms with Gasteiger partial charge in [-0.25, -0.2) is 0 Å². The molecule has 1 aliphatic rings. The maximum absolute atomic E-state index is 12.2. The second kappa shape index (κ2) is 9.07. The molecular formula is C16H24N4O4. The van der Waals surface area contributed by atoms with Crippen LogP contribution in [0.15, 0.2) is 22.8 Å². The van der Waals surface area contributed by atoms with Gasteiger partial charge in [-0.2, -0.15) is 0 Å². The molecule has 0 atom stereocenters. The van der Waals surface area contributed by atoms with E-state index in [-0.39, 0.29) is 23.5 Å². The summed E-state index contributed by atoms with van der Waals surface area (Å²) >= 11 is 0. The van der Waals surface area contributed by atoms with Crippen LogP contribution in [-0.2, 0) is 9.59 Å². The number of hydrogen-bond donors (Lipinski definition) is 2. The first kappa shape index (κ1) is 18.0. The van der Waals surface area contributed by atoms with Crippen LogP contribution < -0.4 is 10.6 Å². The van der Waals surface area contributed by atoms with E-state index < -0.39 is 0 Å². The van der Waals surface area contributed by atoms with Crippen LogP contribution in [0.3, 0.4) is 0 Å². The lowest BCUT2D eigenvalue weighted by Crippen LogP contribution is -2.50. The molecular weight excluding hydrogens is 312 g/mol. The average molecular weight is 336 g/mol. The van der Waals surface area contributed by atoms with Crippen LogP contribution in [0.5, 0.6) is 0 Å². The molecule has 0 aliphatic carbocycles. The third-order valence-electron chi connectivity index (χ3n) is 3.97. The van der Waals surface area contributed by atoms with Gasteiger partial charge in [-0.3, -0.25) is 19.3 Å². The Kier molecular flexibility index (Phi) is 6.80. The molecule has 1 aromatic heterocycles. The largest absolute Gasteiger partial charge is 0.459 e. The molecule has 8 nitrogen and oxygen atoms in total. The summed E-state index contributed by atoms with van der Waals surface area (Å²) in [5, 5.41) is 5.32. The highest BCUT2D eigenvalue weighted by atomic mass is 16.3. The van der Waals surface area contributed by atoms with Crippen molar-refractivity contribution in [3.8, 4) is 0 Å². The van der Waals surface area contributed by atoms with Gasteiger partial charge in [-0.05, 0) is 18.6 Å². The van der Waals surface area contributed by atoms with Crippen LogP contribution >= 0.6 is 0 Å². The summed E-state index contributed by atoms with van der Waals surface area (Å²) in [5.41, 5.74) is 0. The Morgan fingerprint density at radius 3 is 2.58 bits per heavy atom. The highest BCUT2D eigenvalue weighted by molar-refractivity contribution is 5.91. The van der Waals surface area contributed by atoms with E-state index >= 15 is 0 Å². The molecule has 8 heteroatoms. The highest BCUT2D eigenvalue weighted by Crippen LogP contribution is 2.05. The van der Waals surface area contributed by atoms with Crippen molar-refractivity contribution in [2.24, 2.45) is 0 Å². The lowest BCUT2D eigenvalue weighted by Gasteiger charge is -2.34. The van der Waals surface area contributed by atoms with Crippen LogP contribution in [0.2, 0.25) is 0 Å². The summed E-state index contributed by atoms with van der Waals surface area (Å²) in [7, 11) is 1.62. The van der Waals surface area contributed by atoms with Gasteiger partial charge in [0.15, 0.2) is 5.76 Å². The summed E-state index contributed by atoms with van der Waals surface area (Å²) in [4.78, 5) is 39.0. The van der Waals surface area contributed by atoms with Crippen LogP contribution in [0.1, 0.15) is 23.4 Å². The van der Waals surface area contributed by atoms with Gasteiger partial charge in [-0.15, -0.1) is 0 Å². The van der Waals surface area contributed by atoms with Gasteiger partial charge in [0.2, 0.25) is 11.8 Å². The first-order valence-corrected chi connectivity index (χ1v) is 8.12. The summed E-state index contributed by atoms with van der Waals surface area (Å²) in [6.07, 6.45) is 2.43. The molecule has 0 unspecified atom stereocenters. The molecule has 1 fully saturated rings.